The highest BCUT2D eigenvalue weighted by molar-refractivity contribution is 6.17. The van der Waals surface area contributed by atoms with Gasteiger partial charge in [-0.05, 0) is 31.5 Å². The summed E-state index contributed by atoms with van der Waals surface area (Å²) in [4.78, 5) is 11.9. The van der Waals surface area contributed by atoms with Gasteiger partial charge in [-0.25, -0.2) is 0 Å². The number of hydrogen-bond donors (Lipinski definition) is 1. The predicted molar refractivity (Wildman–Crippen MR) is 89.2 cm³/mol. The number of amides is 1. The lowest BCUT2D eigenvalue weighted by molar-refractivity contribution is -0.116. The molecule has 0 saturated carbocycles. The second kappa shape index (κ2) is 10.5. The first kappa shape index (κ1) is 17.8. The van der Waals surface area contributed by atoms with Crippen molar-refractivity contribution >= 4 is 23.2 Å². The summed E-state index contributed by atoms with van der Waals surface area (Å²) in [5, 5.41) is 2.92. The van der Waals surface area contributed by atoms with Gasteiger partial charge in [0.25, 0.3) is 0 Å². The molecule has 0 aliphatic carbocycles. The molecule has 1 aromatic rings. The van der Waals surface area contributed by atoms with E-state index >= 15 is 0 Å². The Bertz CT molecular complexity index is 435. The van der Waals surface area contributed by atoms with Crippen LogP contribution < -0.4 is 10.1 Å². The maximum absolute atomic E-state index is 11.9. The van der Waals surface area contributed by atoms with Gasteiger partial charge < -0.3 is 10.1 Å². The lowest BCUT2D eigenvalue weighted by Gasteiger charge is -2.11. The minimum Gasteiger partial charge on any atom is -0.494 e. The molecule has 0 radical (unpaired) electrons. The van der Waals surface area contributed by atoms with Crippen molar-refractivity contribution in [3.63, 3.8) is 0 Å². The van der Waals surface area contributed by atoms with Crippen LogP contribution in [0.2, 0.25) is 0 Å². The Kier molecular flexibility index (Phi) is 8.91. The summed E-state index contributed by atoms with van der Waals surface area (Å²) in [6.45, 7) is 4.73. The Morgan fingerprint density at radius 1 is 1.19 bits per heavy atom. The fraction of sp³-hybridized carbons (Fsp3) is 0.588. The van der Waals surface area contributed by atoms with Crippen LogP contribution in [-0.4, -0.2) is 12.5 Å². The van der Waals surface area contributed by atoms with E-state index < -0.39 is 0 Å². The number of unbranched alkanes of at least 4 members (excludes halogenated alkanes) is 4. The molecule has 0 spiro atoms. The van der Waals surface area contributed by atoms with E-state index in [1.54, 1.807) is 0 Å². The van der Waals surface area contributed by atoms with Gasteiger partial charge in [0.15, 0.2) is 0 Å². The van der Waals surface area contributed by atoms with Crippen LogP contribution in [0.15, 0.2) is 18.2 Å². The predicted octanol–water partition coefficient (Wildman–Crippen LogP) is 5.12. The third kappa shape index (κ3) is 6.85. The van der Waals surface area contributed by atoms with Crippen LogP contribution in [0.1, 0.15) is 57.9 Å². The lowest BCUT2D eigenvalue weighted by atomic mass is 10.1. The number of anilines is 1. The molecule has 0 fully saturated rings. The van der Waals surface area contributed by atoms with Crippen molar-refractivity contribution in [1.82, 2.24) is 0 Å². The number of benzene rings is 1. The highest BCUT2D eigenvalue weighted by atomic mass is 35.5. The molecular formula is C17H26ClNO2. The zero-order valence-corrected chi connectivity index (χ0v) is 13.8. The molecule has 0 bridgehead atoms. The van der Waals surface area contributed by atoms with Crippen LogP contribution in [0.25, 0.3) is 0 Å². The van der Waals surface area contributed by atoms with Gasteiger partial charge in [-0.2, -0.15) is 0 Å². The molecule has 0 aliphatic rings. The normalized spacial score (nSPS) is 10.4. The number of carbonyl (C=O) groups excluding carboxylic acids is 1. The molecular weight excluding hydrogens is 286 g/mol. The molecule has 1 aromatic carbocycles. The second-order valence-electron chi connectivity index (χ2n) is 5.10. The zero-order chi connectivity index (χ0) is 15.5. The summed E-state index contributed by atoms with van der Waals surface area (Å²) in [5.41, 5.74) is 1.69. The third-order valence-corrected chi connectivity index (χ3v) is 3.58. The Labute approximate surface area is 133 Å². The molecule has 21 heavy (non-hydrogen) atoms. The average molecular weight is 312 g/mol. The van der Waals surface area contributed by atoms with Gasteiger partial charge in [0.05, 0.1) is 12.5 Å². The van der Waals surface area contributed by atoms with E-state index in [2.05, 4.69) is 12.2 Å². The van der Waals surface area contributed by atoms with Crippen LogP contribution in [-0.2, 0) is 10.7 Å². The minimum absolute atomic E-state index is 0.0659. The summed E-state index contributed by atoms with van der Waals surface area (Å²) in [7, 11) is 0. The Balaban J connectivity index is 2.45. The van der Waals surface area contributed by atoms with E-state index in [-0.39, 0.29) is 5.91 Å². The third-order valence-electron chi connectivity index (χ3n) is 3.30. The van der Waals surface area contributed by atoms with Crippen LogP contribution >= 0.6 is 11.6 Å². The van der Waals surface area contributed by atoms with Crippen molar-refractivity contribution in [1.29, 1.82) is 0 Å². The lowest BCUT2D eigenvalue weighted by Crippen LogP contribution is -2.11. The van der Waals surface area contributed by atoms with E-state index in [1.165, 1.54) is 19.3 Å². The number of hydrogen-bond acceptors (Lipinski definition) is 2. The molecule has 1 amide bonds. The number of carbonyl (C=O) groups is 1. The van der Waals surface area contributed by atoms with Gasteiger partial charge in [0.2, 0.25) is 5.91 Å². The topological polar surface area (TPSA) is 38.3 Å². The Morgan fingerprint density at radius 3 is 2.62 bits per heavy atom. The first-order valence-electron chi connectivity index (χ1n) is 7.82. The average Bonchev–Trinajstić information content (AvgIpc) is 2.48. The van der Waals surface area contributed by atoms with Crippen LogP contribution in [0.3, 0.4) is 0 Å². The maximum Gasteiger partial charge on any atom is 0.224 e. The smallest absolute Gasteiger partial charge is 0.224 e. The van der Waals surface area contributed by atoms with E-state index in [0.29, 0.717) is 18.9 Å². The van der Waals surface area contributed by atoms with Crippen molar-refractivity contribution in [3.05, 3.63) is 23.8 Å². The number of ether oxygens (including phenoxy) is 1. The summed E-state index contributed by atoms with van der Waals surface area (Å²) in [5.74, 6) is 1.22. The van der Waals surface area contributed by atoms with Gasteiger partial charge in [-0.15, -0.1) is 11.6 Å². The zero-order valence-electron chi connectivity index (χ0n) is 13.1. The maximum atomic E-state index is 11.9. The SMILES string of the molecule is CCCCCCCC(=O)Nc1ccc(OCC)c(CCl)c1. The highest BCUT2D eigenvalue weighted by Crippen LogP contribution is 2.24. The van der Waals surface area contributed by atoms with E-state index in [0.717, 1.165) is 29.8 Å². The van der Waals surface area contributed by atoms with E-state index in [1.807, 2.05) is 25.1 Å². The molecule has 0 saturated heterocycles. The van der Waals surface area contributed by atoms with E-state index in [4.69, 9.17) is 16.3 Å². The molecule has 0 heterocycles. The van der Waals surface area contributed by atoms with Gasteiger partial charge >= 0.3 is 0 Å². The monoisotopic (exact) mass is 311 g/mol. The summed E-state index contributed by atoms with van der Waals surface area (Å²) in [6, 6.07) is 5.60. The fourth-order valence-electron chi connectivity index (χ4n) is 2.17. The van der Waals surface area contributed by atoms with Gasteiger partial charge in [-0.3, -0.25) is 4.79 Å². The standard InChI is InChI=1S/C17H26ClNO2/c1-3-5-6-7-8-9-17(20)19-15-10-11-16(21-4-2)14(12-15)13-18/h10-12H,3-9,13H2,1-2H3,(H,19,20). The number of rotatable bonds is 10. The summed E-state index contributed by atoms with van der Waals surface area (Å²) in [6.07, 6.45) is 6.33. The Hall–Kier alpha value is -1.22. The number of nitrogens with one attached hydrogen (secondary N) is 1. The Morgan fingerprint density at radius 2 is 1.95 bits per heavy atom. The fourth-order valence-corrected chi connectivity index (χ4v) is 2.38. The van der Waals surface area contributed by atoms with Crippen molar-refractivity contribution in [2.75, 3.05) is 11.9 Å². The molecule has 4 heteroatoms. The summed E-state index contributed by atoms with van der Waals surface area (Å²) < 4.78 is 5.49. The van der Waals surface area contributed by atoms with Gasteiger partial charge in [0, 0.05) is 17.7 Å². The first-order chi connectivity index (χ1) is 10.2. The second-order valence-corrected chi connectivity index (χ2v) is 5.37. The largest absolute Gasteiger partial charge is 0.494 e. The van der Waals surface area contributed by atoms with Crippen molar-refractivity contribution in [2.45, 2.75) is 58.3 Å². The first-order valence-corrected chi connectivity index (χ1v) is 8.36. The molecule has 1 rings (SSSR count). The molecule has 3 nitrogen and oxygen atoms in total. The number of halogens is 1. The summed E-state index contributed by atoms with van der Waals surface area (Å²) >= 11 is 5.92. The molecule has 0 atom stereocenters. The van der Waals surface area contributed by atoms with Crippen LogP contribution in [0.5, 0.6) is 5.75 Å². The van der Waals surface area contributed by atoms with E-state index in [9.17, 15) is 4.79 Å². The van der Waals surface area contributed by atoms with Gasteiger partial charge in [-0.1, -0.05) is 32.6 Å². The van der Waals surface area contributed by atoms with Crippen molar-refractivity contribution in [3.8, 4) is 5.75 Å². The van der Waals surface area contributed by atoms with Crippen LogP contribution in [0, 0.1) is 0 Å². The quantitative estimate of drug-likeness (QED) is 0.481. The van der Waals surface area contributed by atoms with Crippen molar-refractivity contribution in [2.24, 2.45) is 0 Å². The molecule has 118 valence electrons. The molecule has 0 unspecified atom stereocenters. The van der Waals surface area contributed by atoms with Crippen molar-refractivity contribution < 1.29 is 9.53 Å². The molecule has 1 N–H and O–H groups in total. The highest BCUT2D eigenvalue weighted by Gasteiger charge is 2.07. The van der Waals surface area contributed by atoms with Crippen LogP contribution in [0.4, 0.5) is 5.69 Å². The number of alkyl halides is 1. The van der Waals surface area contributed by atoms with Gasteiger partial charge in [0.1, 0.15) is 5.75 Å². The molecule has 0 aliphatic heterocycles. The minimum atomic E-state index is 0.0659. The molecule has 0 aromatic heterocycles.